The van der Waals surface area contributed by atoms with Crippen LogP contribution in [0.2, 0.25) is 0 Å². The fourth-order valence-corrected chi connectivity index (χ4v) is 1.23. The van der Waals surface area contributed by atoms with Crippen molar-refractivity contribution >= 4 is 5.97 Å². The number of carbonyl (C=O) groups excluding carboxylic acids is 1. The lowest BCUT2D eigenvalue weighted by atomic mass is 10.2. The Kier molecular flexibility index (Phi) is 3.97. The SMILES string of the molecule is CCOC(=O)/C(N)=C(\C)N1C=CC=CC1. The van der Waals surface area contributed by atoms with Gasteiger partial charge in [-0.2, -0.15) is 0 Å². The minimum absolute atomic E-state index is 0.164. The molecular formula is C11H16N2O2. The van der Waals surface area contributed by atoms with Gasteiger partial charge in [0.1, 0.15) is 5.70 Å². The van der Waals surface area contributed by atoms with Crippen LogP contribution < -0.4 is 5.73 Å². The number of esters is 1. The van der Waals surface area contributed by atoms with E-state index < -0.39 is 5.97 Å². The van der Waals surface area contributed by atoms with Gasteiger partial charge in [-0.1, -0.05) is 12.2 Å². The quantitative estimate of drug-likeness (QED) is 0.558. The lowest BCUT2D eigenvalue weighted by molar-refractivity contribution is -0.138. The van der Waals surface area contributed by atoms with Crippen LogP contribution in [0.15, 0.2) is 35.8 Å². The van der Waals surface area contributed by atoms with Crippen LogP contribution >= 0.6 is 0 Å². The van der Waals surface area contributed by atoms with Gasteiger partial charge in [-0.3, -0.25) is 0 Å². The van der Waals surface area contributed by atoms with Gasteiger partial charge < -0.3 is 15.4 Å². The normalized spacial score (nSPS) is 16.3. The van der Waals surface area contributed by atoms with Crippen LogP contribution in [0.25, 0.3) is 0 Å². The lowest BCUT2D eigenvalue weighted by Gasteiger charge is -2.22. The summed E-state index contributed by atoms with van der Waals surface area (Å²) >= 11 is 0. The molecule has 0 aromatic heterocycles. The maximum atomic E-state index is 11.4. The van der Waals surface area contributed by atoms with Crippen LogP contribution in [-0.2, 0) is 9.53 Å². The Labute approximate surface area is 89.7 Å². The number of allylic oxidation sites excluding steroid dienone is 3. The van der Waals surface area contributed by atoms with E-state index in [2.05, 4.69) is 0 Å². The van der Waals surface area contributed by atoms with Crippen molar-refractivity contribution in [3.05, 3.63) is 35.8 Å². The van der Waals surface area contributed by atoms with Gasteiger partial charge >= 0.3 is 5.97 Å². The number of rotatable bonds is 3. The molecule has 1 heterocycles. The second kappa shape index (κ2) is 5.24. The van der Waals surface area contributed by atoms with Crippen LogP contribution in [0.4, 0.5) is 0 Å². The molecule has 0 aliphatic carbocycles. The Morgan fingerprint density at radius 2 is 2.27 bits per heavy atom. The fraction of sp³-hybridized carbons (Fsp3) is 0.364. The van der Waals surface area contributed by atoms with E-state index in [1.165, 1.54) is 0 Å². The number of ether oxygens (including phenoxy) is 1. The summed E-state index contributed by atoms with van der Waals surface area (Å²) in [7, 11) is 0. The smallest absolute Gasteiger partial charge is 0.355 e. The summed E-state index contributed by atoms with van der Waals surface area (Å²) in [6.07, 6.45) is 7.71. The summed E-state index contributed by atoms with van der Waals surface area (Å²) in [5.74, 6) is -0.460. The molecule has 82 valence electrons. The monoisotopic (exact) mass is 208 g/mol. The predicted molar refractivity (Wildman–Crippen MR) is 58.5 cm³/mol. The van der Waals surface area contributed by atoms with Gasteiger partial charge in [0.25, 0.3) is 0 Å². The minimum atomic E-state index is -0.460. The van der Waals surface area contributed by atoms with Gasteiger partial charge in [-0.25, -0.2) is 4.79 Å². The molecule has 0 saturated heterocycles. The van der Waals surface area contributed by atoms with Crippen molar-refractivity contribution in [1.29, 1.82) is 0 Å². The standard InChI is InChI=1S/C11H16N2O2/c1-3-15-11(14)10(12)9(2)13-7-5-4-6-8-13/h4-7H,3,8,12H2,1-2H3/b10-9-. The molecule has 0 amide bonds. The first-order valence-electron chi connectivity index (χ1n) is 4.90. The summed E-state index contributed by atoms with van der Waals surface area (Å²) in [5, 5.41) is 0. The van der Waals surface area contributed by atoms with E-state index in [1.807, 2.05) is 29.3 Å². The van der Waals surface area contributed by atoms with Crippen LogP contribution in [0, 0.1) is 0 Å². The van der Waals surface area contributed by atoms with Crippen molar-refractivity contribution in [2.45, 2.75) is 13.8 Å². The van der Waals surface area contributed by atoms with Crippen molar-refractivity contribution in [2.75, 3.05) is 13.2 Å². The van der Waals surface area contributed by atoms with E-state index in [-0.39, 0.29) is 5.70 Å². The van der Waals surface area contributed by atoms with Gasteiger partial charge in [-0.05, 0) is 19.9 Å². The largest absolute Gasteiger partial charge is 0.461 e. The Morgan fingerprint density at radius 3 is 2.80 bits per heavy atom. The van der Waals surface area contributed by atoms with Crippen molar-refractivity contribution in [3.63, 3.8) is 0 Å². The van der Waals surface area contributed by atoms with Gasteiger partial charge in [0.05, 0.1) is 6.61 Å². The van der Waals surface area contributed by atoms with E-state index in [1.54, 1.807) is 13.8 Å². The molecule has 4 nitrogen and oxygen atoms in total. The second-order valence-electron chi connectivity index (χ2n) is 3.14. The van der Waals surface area contributed by atoms with E-state index in [0.29, 0.717) is 12.3 Å². The van der Waals surface area contributed by atoms with Crippen molar-refractivity contribution in [3.8, 4) is 0 Å². The summed E-state index contributed by atoms with van der Waals surface area (Å²) in [6, 6.07) is 0. The first-order chi connectivity index (χ1) is 7.16. The molecule has 4 heteroatoms. The number of hydrogen-bond acceptors (Lipinski definition) is 4. The van der Waals surface area contributed by atoms with Gasteiger partial charge in [0.15, 0.2) is 0 Å². The molecule has 0 bridgehead atoms. The number of carbonyl (C=O) groups is 1. The molecule has 1 aliphatic heterocycles. The van der Waals surface area contributed by atoms with E-state index in [4.69, 9.17) is 10.5 Å². The maximum Gasteiger partial charge on any atom is 0.355 e. The zero-order valence-electron chi connectivity index (χ0n) is 9.06. The fourth-order valence-electron chi connectivity index (χ4n) is 1.23. The highest BCUT2D eigenvalue weighted by Crippen LogP contribution is 2.11. The van der Waals surface area contributed by atoms with Crippen molar-refractivity contribution < 1.29 is 9.53 Å². The molecule has 1 rings (SSSR count). The first-order valence-corrected chi connectivity index (χ1v) is 4.90. The molecule has 2 N–H and O–H groups in total. The number of hydrogen-bond donors (Lipinski definition) is 1. The molecule has 0 unspecified atom stereocenters. The van der Waals surface area contributed by atoms with Gasteiger partial charge in [0, 0.05) is 18.4 Å². The lowest BCUT2D eigenvalue weighted by Crippen LogP contribution is -2.25. The first kappa shape index (κ1) is 11.4. The molecule has 0 aromatic carbocycles. The third kappa shape index (κ3) is 2.87. The van der Waals surface area contributed by atoms with Crippen LogP contribution in [0.5, 0.6) is 0 Å². The number of nitrogens with zero attached hydrogens (tertiary/aromatic N) is 1. The Morgan fingerprint density at radius 1 is 1.53 bits per heavy atom. The van der Waals surface area contributed by atoms with Crippen molar-refractivity contribution in [2.24, 2.45) is 5.73 Å². The Hall–Kier alpha value is -1.71. The van der Waals surface area contributed by atoms with Gasteiger partial charge in [-0.15, -0.1) is 0 Å². The minimum Gasteiger partial charge on any atom is -0.461 e. The third-order valence-electron chi connectivity index (χ3n) is 2.13. The molecule has 1 aliphatic rings. The van der Waals surface area contributed by atoms with Crippen LogP contribution in [0.1, 0.15) is 13.8 Å². The molecule has 0 spiro atoms. The summed E-state index contributed by atoms with van der Waals surface area (Å²) in [4.78, 5) is 13.2. The van der Waals surface area contributed by atoms with E-state index >= 15 is 0 Å². The average Bonchev–Trinajstić information content (AvgIpc) is 2.28. The molecule has 0 fully saturated rings. The molecule has 0 atom stereocenters. The Bertz CT molecular complexity index is 329. The zero-order valence-corrected chi connectivity index (χ0v) is 9.06. The van der Waals surface area contributed by atoms with E-state index in [0.717, 1.165) is 6.54 Å². The van der Waals surface area contributed by atoms with Gasteiger partial charge in [0.2, 0.25) is 0 Å². The molecule has 0 saturated carbocycles. The van der Waals surface area contributed by atoms with E-state index in [9.17, 15) is 4.79 Å². The maximum absolute atomic E-state index is 11.4. The summed E-state index contributed by atoms with van der Waals surface area (Å²) in [6.45, 7) is 4.62. The van der Waals surface area contributed by atoms with Crippen LogP contribution in [0.3, 0.4) is 0 Å². The highest BCUT2D eigenvalue weighted by atomic mass is 16.5. The predicted octanol–water partition coefficient (Wildman–Crippen LogP) is 1.13. The van der Waals surface area contributed by atoms with Crippen molar-refractivity contribution in [1.82, 2.24) is 4.90 Å². The third-order valence-corrected chi connectivity index (χ3v) is 2.13. The zero-order chi connectivity index (χ0) is 11.3. The molecular weight excluding hydrogens is 192 g/mol. The highest BCUT2D eigenvalue weighted by Gasteiger charge is 2.13. The average molecular weight is 208 g/mol. The second-order valence-corrected chi connectivity index (χ2v) is 3.14. The summed E-state index contributed by atoms with van der Waals surface area (Å²) in [5.41, 5.74) is 6.56. The topological polar surface area (TPSA) is 55.6 Å². The molecule has 0 radical (unpaired) electrons. The molecule has 15 heavy (non-hydrogen) atoms. The van der Waals surface area contributed by atoms with Crippen LogP contribution in [-0.4, -0.2) is 24.0 Å². The number of nitrogens with two attached hydrogens (primary N) is 1. The summed E-state index contributed by atoms with van der Waals surface area (Å²) < 4.78 is 4.83. The molecule has 0 aromatic rings. The highest BCUT2D eigenvalue weighted by molar-refractivity contribution is 5.88. The Balaban J connectivity index is 2.75.